The van der Waals surface area contributed by atoms with Gasteiger partial charge in [-0.3, -0.25) is 0 Å². The Morgan fingerprint density at radius 2 is 2.04 bits per heavy atom. The molecular weight excluding hydrogens is 314 g/mol. The number of nitrogens with one attached hydrogen (secondary N) is 2. The number of guanidine groups is 1. The van der Waals surface area contributed by atoms with Gasteiger partial charge >= 0.3 is 0 Å². The fourth-order valence-corrected chi connectivity index (χ4v) is 2.70. The lowest BCUT2D eigenvalue weighted by atomic mass is 10.1. The van der Waals surface area contributed by atoms with Crippen LogP contribution in [0.25, 0.3) is 0 Å². The molecule has 0 radical (unpaired) electrons. The van der Waals surface area contributed by atoms with Crippen LogP contribution >= 0.6 is 0 Å². The zero-order valence-electron chi connectivity index (χ0n) is 14.3. The van der Waals surface area contributed by atoms with Crippen LogP contribution in [0.4, 0.5) is 0 Å². The van der Waals surface area contributed by atoms with Crippen LogP contribution < -0.4 is 15.4 Å². The van der Waals surface area contributed by atoms with E-state index >= 15 is 0 Å². The molecular formula is C16H27N3O3S. The second-order valence-electron chi connectivity index (χ2n) is 5.42. The molecule has 23 heavy (non-hydrogen) atoms. The summed E-state index contributed by atoms with van der Waals surface area (Å²) in [6, 6.07) is 6.02. The molecule has 0 amide bonds. The molecule has 0 atom stereocenters. The minimum absolute atomic E-state index is 0.172. The molecule has 1 aromatic rings. The number of nitrogens with zero attached hydrogens (tertiary/aromatic N) is 1. The topological polar surface area (TPSA) is 79.8 Å². The molecule has 130 valence electrons. The molecule has 2 N–H and O–H groups in total. The molecule has 1 rings (SSSR count). The van der Waals surface area contributed by atoms with Crippen LogP contribution in [0.3, 0.4) is 0 Å². The molecule has 6 nitrogen and oxygen atoms in total. The molecule has 0 aromatic heterocycles. The number of ether oxygens (including phenoxy) is 1. The smallest absolute Gasteiger partial charge is 0.191 e. The summed E-state index contributed by atoms with van der Waals surface area (Å²) in [6.07, 6.45) is 1.80. The first kappa shape index (κ1) is 19.3. The van der Waals surface area contributed by atoms with Crippen molar-refractivity contribution in [1.82, 2.24) is 10.6 Å². The Bertz CT molecular complexity index is 627. The van der Waals surface area contributed by atoms with Crippen molar-refractivity contribution in [1.29, 1.82) is 0 Å². The lowest BCUT2D eigenvalue weighted by Crippen LogP contribution is -2.38. The Balaban J connectivity index is 2.64. The number of hydrogen-bond donors (Lipinski definition) is 2. The normalized spacial score (nSPS) is 12.1. The number of aryl methyl sites for hydroxylation is 1. The molecule has 0 bridgehead atoms. The van der Waals surface area contributed by atoms with Crippen LogP contribution in [0.2, 0.25) is 0 Å². The summed E-state index contributed by atoms with van der Waals surface area (Å²) in [6.45, 7) is 5.79. The first-order valence-electron chi connectivity index (χ1n) is 7.69. The monoisotopic (exact) mass is 341 g/mol. The van der Waals surface area contributed by atoms with E-state index in [4.69, 9.17) is 4.74 Å². The molecule has 0 saturated heterocycles. The standard InChI is InChI=1S/C16H27N3O3S/c1-5-17-16(18-9-6-10-23(4,20)21)19-12-14-8-7-13(2)11-15(14)22-3/h7-8,11H,5-6,9-10,12H2,1-4H3,(H2,17,18,19). The van der Waals surface area contributed by atoms with Crippen molar-refractivity contribution in [2.75, 3.05) is 32.2 Å². The average molecular weight is 341 g/mol. The molecule has 0 spiro atoms. The summed E-state index contributed by atoms with van der Waals surface area (Å²) in [5.41, 5.74) is 2.15. The van der Waals surface area contributed by atoms with E-state index in [-0.39, 0.29) is 5.75 Å². The Kier molecular flexibility index (Phi) is 7.88. The molecule has 0 unspecified atom stereocenters. The predicted octanol–water partition coefficient (Wildman–Crippen LogP) is 1.49. The minimum Gasteiger partial charge on any atom is -0.496 e. The van der Waals surface area contributed by atoms with Crippen molar-refractivity contribution in [3.8, 4) is 5.75 Å². The van der Waals surface area contributed by atoms with E-state index in [2.05, 4.69) is 15.6 Å². The van der Waals surface area contributed by atoms with Crippen molar-refractivity contribution < 1.29 is 13.2 Å². The van der Waals surface area contributed by atoms with Crippen molar-refractivity contribution in [3.63, 3.8) is 0 Å². The second-order valence-corrected chi connectivity index (χ2v) is 7.68. The highest BCUT2D eigenvalue weighted by molar-refractivity contribution is 7.90. The molecule has 0 fully saturated rings. The fraction of sp³-hybridized carbons (Fsp3) is 0.562. The average Bonchev–Trinajstić information content (AvgIpc) is 2.48. The number of aliphatic imine (C=N–C) groups is 1. The van der Waals surface area contributed by atoms with Crippen molar-refractivity contribution in [3.05, 3.63) is 29.3 Å². The number of sulfone groups is 1. The number of benzene rings is 1. The van der Waals surface area contributed by atoms with Gasteiger partial charge in [-0.25, -0.2) is 13.4 Å². The van der Waals surface area contributed by atoms with Gasteiger partial charge in [-0.2, -0.15) is 0 Å². The van der Waals surface area contributed by atoms with Gasteiger partial charge in [0.05, 0.1) is 19.4 Å². The lowest BCUT2D eigenvalue weighted by molar-refractivity contribution is 0.409. The van der Waals surface area contributed by atoms with Crippen LogP contribution in [0.1, 0.15) is 24.5 Å². The highest BCUT2D eigenvalue weighted by Crippen LogP contribution is 2.20. The van der Waals surface area contributed by atoms with Gasteiger partial charge in [-0.15, -0.1) is 0 Å². The highest BCUT2D eigenvalue weighted by Gasteiger charge is 2.05. The van der Waals surface area contributed by atoms with Crippen molar-refractivity contribution in [2.45, 2.75) is 26.8 Å². The summed E-state index contributed by atoms with van der Waals surface area (Å²) in [4.78, 5) is 4.52. The molecule has 1 aromatic carbocycles. The molecule has 0 aliphatic carbocycles. The summed E-state index contributed by atoms with van der Waals surface area (Å²) in [7, 11) is -1.27. The van der Waals surface area contributed by atoms with Gasteiger partial charge in [0.15, 0.2) is 5.96 Å². The van der Waals surface area contributed by atoms with Gasteiger partial charge in [0.1, 0.15) is 15.6 Å². The summed E-state index contributed by atoms with van der Waals surface area (Å²) in [5, 5.41) is 6.29. The maximum absolute atomic E-state index is 11.1. The van der Waals surface area contributed by atoms with Gasteiger partial charge < -0.3 is 15.4 Å². The SMILES string of the molecule is CCNC(=NCc1ccc(C)cc1OC)NCCCS(C)(=O)=O. The number of hydrogen-bond acceptors (Lipinski definition) is 4. The van der Waals surface area contributed by atoms with Gasteiger partial charge in [0.25, 0.3) is 0 Å². The first-order valence-corrected chi connectivity index (χ1v) is 9.75. The highest BCUT2D eigenvalue weighted by atomic mass is 32.2. The zero-order chi connectivity index (χ0) is 17.3. The van der Waals surface area contributed by atoms with Gasteiger partial charge in [-0.05, 0) is 31.9 Å². The Morgan fingerprint density at radius 3 is 2.65 bits per heavy atom. The molecule has 0 heterocycles. The fourth-order valence-electron chi connectivity index (χ4n) is 2.03. The van der Waals surface area contributed by atoms with E-state index in [0.717, 1.165) is 23.4 Å². The van der Waals surface area contributed by atoms with Gasteiger partial charge in [0.2, 0.25) is 0 Å². The molecule has 0 saturated carbocycles. The maximum atomic E-state index is 11.1. The van der Waals surface area contributed by atoms with E-state index in [9.17, 15) is 8.42 Å². The number of rotatable bonds is 8. The van der Waals surface area contributed by atoms with Gasteiger partial charge in [-0.1, -0.05) is 12.1 Å². The van der Waals surface area contributed by atoms with Crippen LogP contribution in [-0.2, 0) is 16.4 Å². The quantitative estimate of drug-likeness (QED) is 0.425. The van der Waals surface area contributed by atoms with Gasteiger partial charge in [0, 0.05) is 24.9 Å². The third-order valence-corrected chi connectivity index (χ3v) is 4.21. The van der Waals surface area contributed by atoms with E-state index in [1.54, 1.807) is 7.11 Å². The summed E-state index contributed by atoms with van der Waals surface area (Å²) in [5.74, 6) is 1.66. The Morgan fingerprint density at radius 1 is 1.30 bits per heavy atom. The Labute approximate surface area is 139 Å². The zero-order valence-corrected chi connectivity index (χ0v) is 15.2. The number of methoxy groups -OCH3 is 1. The second kappa shape index (κ2) is 9.39. The summed E-state index contributed by atoms with van der Waals surface area (Å²) >= 11 is 0. The maximum Gasteiger partial charge on any atom is 0.191 e. The van der Waals surface area contributed by atoms with Crippen molar-refractivity contribution >= 4 is 15.8 Å². The largest absolute Gasteiger partial charge is 0.496 e. The molecule has 0 aliphatic rings. The molecule has 7 heteroatoms. The van der Waals surface area contributed by atoms with Crippen LogP contribution in [0.5, 0.6) is 5.75 Å². The van der Waals surface area contributed by atoms with Crippen molar-refractivity contribution in [2.24, 2.45) is 4.99 Å². The third kappa shape index (κ3) is 7.88. The van der Waals surface area contributed by atoms with Crippen LogP contribution in [-0.4, -0.2) is 46.6 Å². The van der Waals surface area contributed by atoms with E-state index in [1.807, 2.05) is 32.0 Å². The predicted molar refractivity (Wildman–Crippen MR) is 94.9 cm³/mol. The molecule has 0 aliphatic heterocycles. The van der Waals surface area contributed by atoms with E-state index in [0.29, 0.717) is 25.5 Å². The lowest BCUT2D eigenvalue weighted by Gasteiger charge is -2.12. The van der Waals surface area contributed by atoms with E-state index in [1.165, 1.54) is 6.26 Å². The van der Waals surface area contributed by atoms with Crippen LogP contribution in [0.15, 0.2) is 23.2 Å². The van der Waals surface area contributed by atoms with Crippen LogP contribution in [0, 0.1) is 6.92 Å². The first-order chi connectivity index (χ1) is 10.9. The minimum atomic E-state index is -2.92. The third-order valence-electron chi connectivity index (χ3n) is 3.18. The summed E-state index contributed by atoms with van der Waals surface area (Å²) < 4.78 is 27.6. The Hall–Kier alpha value is -1.76. The van der Waals surface area contributed by atoms with E-state index < -0.39 is 9.84 Å².